The lowest BCUT2D eigenvalue weighted by Gasteiger charge is -2.32. The van der Waals surface area contributed by atoms with E-state index in [4.69, 9.17) is 5.73 Å². The zero-order valence-corrected chi connectivity index (χ0v) is 11.7. The molecule has 5 N–H and O–H groups in total. The predicted molar refractivity (Wildman–Crippen MR) is 72.4 cm³/mol. The van der Waals surface area contributed by atoms with E-state index in [2.05, 4.69) is 10.6 Å². The first-order chi connectivity index (χ1) is 8.94. The van der Waals surface area contributed by atoms with E-state index in [0.29, 0.717) is 0 Å². The Morgan fingerprint density at radius 1 is 1.37 bits per heavy atom. The van der Waals surface area contributed by atoms with Gasteiger partial charge in [-0.15, -0.1) is 0 Å². The molecule has 1 fully saturated rings. The molecule has 19 heavy (non-hydrogen) atoms. The Morgan fingerprint density at radius 2 is 1.95 bits per heavy atom. The van der Waals surface area contributed by atoms with Crippen LogP contribution in [0.2, 0.25) is 0 Å². The minimum atomic E-state index is -0.704. The molecule has 0 aromatic heterocycles. The topological polar surface area (TPSA) is 104 Å². The Kier molecular flexibility index (Phi) is 5.60. The Balaban J connectivity index is 2.73. The highest BCUT2D eigenvalue weighted by Gasteiger charge is 2.37. The van der Waals surface area contributed by atoms with Crippen molar-refractivity contribution >= 4 is 11.9 Å². The molecule has 6 heteroatoms. The van der Waals surface area contributed by atoms with Crippen molar-refractivity contribution in [1.29, 1.82) is 0 Å². The lowest BCUT2D eigenvalue weighted by molar-refractivity contribution is -0.126. The second-order valence-corrected chi connectivity index (χ2v) is 5.51. The summed E-state index contributed by atoms with van der Waals surface area (Å²) in [4.78, 5) is 23.3. The van der Waals surface area contributed by atoms with Gasteiger partial charge < -0.3 is 21.5 Å². The van der Waals surface area contributed by atoms with Crippen LogP contribution in [0.1, 0.15) is 46.0 Å². The smallest absolute Gasteiger partial charge is 0.312 e. The third-order valence-corrected chi connectivity index (χ3v) is 4.04. The summed E-state index contributed by atoms with van der Waals surface area (Å²) in [5.74, 6) is -0.270. The Hall–Kier alpha value is -1.30. The number of carbonyl (C=O) groups excluding carboxylic acids is 2. The van der Waals surface area contributed by atoms with Gasteiger partial charge in [0.2, 0.25) is 5.91 Å². The molecule has 110 valence electrons. The maximum absolute atomic E-state index is 12.3. The number of primary amides is 1. The average Bonchev–Trinajstić information content (AvgIpc) is 2.83. The molecule has 1 aliphatic rings. The molecule has 1 saturated carbocycles. The molecule has 0 aromatic carbocycles. The molecule has 6 nitrogen and oxygen atoms in total. The maximum Gasteiger partial charge on any atom is 0.312 e. The van der Waals surface area contributed by atoms with Crippen LogP contribution in [0.15, 0.2) is 0 Å². The molecule has 3 amide bonds. The van der Waals surface area contributed by atoms with Crippen molar-refractivity contribution in [1.82, 2.24) is 10.6 Å². The van der Waals surface area contributed by atoms with E-state index in [1.165, 1.54) is 0 Å². The van der Waals surface area contributed by atoms with Crippen LogP contribution in [-0.4, -0.2) is 35.2 Å². The van der Waals surface area contributed by atoms with Crippen molar-refractivity contribution in [2.75, 3.05) is 6.61 Å². The number of hydrogen-bond donors (Lipinski definition) is 4. The number of rotatable bonds is 6. The second kappa shape index (κ2) is 6.75. The van der Waals surface area contributed by atoms with Gasteiger partial charge in [-0.1, -0.05) is 33.1 Å². The largest absolute Gasteiger partial charge is 0.394 e. The highest BCUT2D eigenvalue weighted by molar-refractivity contribution is 5.87. The van der Waals surface area contributed by atoms with Crippen molar-refractivity contribution in [3.05, 3.63) is 0 Å². The van der Waals surface area contributed by atoms with E-state index >= 15 is 0 Å². The number of nitrogens with one attached hydrogen (secondary N) is 2. The average molecular weight is 271 g/mol. The van der Waals surface area contributed by atoms with Gasteiger partial charge in [0.05, 0.1) is 12.1 Å². The summed E-state index contributed by atoms with van der Waals surface area (Å²) in [7, 11) is 0. The zero-order chi connectivity index (χ0) is 14.5. The second-order valence-electron chi connectivity index (χ2n) is 5.51. The summed E-state index contributed by atoms with van der Waals surface area (Å²) in [6, 6.07) is -1.35. The van der Waals surface area contributed by atoms with Gasteiger partial charge in [0.25, 0.3) is 0 Å². The fraction of sp³-hybridized carbons (Fsp3) is 0.846. The van der Waals surface area contributed by atoms with Crippen LogP contribution in [0.25, 0.3) is 0 Å². The SMILES string of the molecule is CCC(C)C(NC(N)=O)C(=O)NC1(CO)CCCC1. The fourth-order valence-corrected chi connectivity index (χ4v) is 2.57. The minimum absolute atomic E-state index is 0.00959. The van der Waals surface area contributed by atoms with Crippen LogP contribution in [0.4, 0.5) is 4.79 Å². The summed E-state index contributed by atoms with van der Waals surface area (Å²) in [5.41, 5.74) is 4.59. The third-order valence-electron chi connectivity index (χ3n) is 4.04. The van der Waals surface area contributed by atoms with Gasteiger partial charge in [0.1, 0.15) is 6.04 Å². The molecule has 0 aliphatic heterocycles. The Labute approximate surface area is 114 Å². The van der Waals surface area contributed by atoms with Crippen molar-refractivity contribution in [2.45, 2.75) is 57.5 Å². The minimum Gasteiger partial charge on any atom is -0.394 e. The van der Waals surface area contributed by atoms with E-state index in [0.717, 1.165) is 32.1 Å². The molecule has 0 spiro atoms. The number of amides is 3. The van der Waals surface area contributed by atoms with Gasteiger partial charge in [-0.2, -0.15) is 0 Å². The van der Waals surface area contributed by atoms with Gasteiger partial charge in [0, 0.05) is 0 Å². The van der Waals surface area contributed by atoms with Crippen LogP contribution >= 0.6 is 0 Å². The molecule has 1 aliphatic carbocycles. The van der Waals surface area contributed by atoms with Crippen LogP contribution in [0, 0.1) is 5.92 Å². The monoisotopic (exact) mass is 271 g/mol. The van der Waals surface area contributed by atoms with Crippen LogP contribution in [0.5, 0.6) is 0 Å². The van der Waals surface area contributed by atoms with E-state index in [-0.39, 0.29) is 18.4 Å². The maximum atomic E-state index is 12.3. The van der Waals surface area contributed by atoms with Crippen LogP contribution in [-0.2, 0) is 4.79 Å². The van der Waals surface area contributed by atoms with Gasteiger partial charge >= 0.3 is 6.03 Å². The summed E-state index contributed by atoms with van der Waals surface area (Å²) >= 11 is 0. The Bertz CT molecular complexity index is 327. The van der Waals surface area contributed by atoms with E-state index in [1.54, 1.807) is 0 Å². The first-order valence-corrected chi connectivity index (χ1v) is 6.93. The summed E-state index contributed by atoms with van der Waals surface area (Å²) in [6.45, 7) is 3.77. The zero-order valence-electron chi connectivity index (χ0n) is 11.7. The molecule has 2 unspecified atom stereocenters. The standard InChI is InChI=1S/C13H25N3O3/c1-3-9(2)10(15-12(14)19)11(18)16-13(8-17)6-4-5-7-13/h9-10,17H,3-8H2,1-2H3,(H,16,18)(H3,14,15,19). The van der Waals surface area contributed by atoms with E-state index in [9.17, 15) is 14.7 Å². The number of nitrogens with two attached hydrogens (primary N) is 1. The fourth-order valence-electron chi connectivity index (χ4n) is 2.57. The molecule has 0 radical (unpaired) electrons. The van der Waals surface area contributed by atoms with Crippen molar-refractivity contribution in [3.8, 4) is 0 Å². The van der Waals surface area contributed by atoms with Gasteiger partial charge in [-0.25, -0.2) is 4.79 Å². The first kappa shape index (κ1) is 15.8. The van der Waals surface area contributed by atoms with E-state index < -0.39 is 17.6 Å². The van der Waals surface area contributed by atoms with Crippen molar-refractivity contribution < 1.29 is 14.7 Å². The highest BCUT2D eigenvalue weighted by atomic mass is 16.3. The molecular formula is C13H25N3O3. The molecule has 2 atom stereocenters. The van der Waals surface area contributed by atoms with Crippen molar-refractivity contribution in [3.63, 3.8) is 0 Å². The van der Waals surface area contributed by atoms with Gasteiger partial charge in [0.15, 0.2) is 0 Å². The number of aliphatic hydroxyl groups is 1. The van der Waals surface area contributed by atoms with Crippen LogP contribution < -0.4 is 16.4 Å². The third kappa shape index (κ3) is 4.09. The Morgan fingerprint density at radius 3 is 2.37 bits per heavy atom. The normalized spacial score (nSPS) is 20.6. The quantitative estimate of drug-likeness (QED) is 0.565. The van der Waals surface area contributed by atoms with Gasteiger partial charge in [-0.3, -0.25) is 4.79 Å². The summed E-state index contributed by atoms with van der Waals surface area (Å²) < 4.78 is 0. The highest BCUT2D eigenvalue weighted by Crippen LogP contribution is 2.29. The number of hydrogen-bond acceptors (Lipinski definition) is 3. The molecule has 0 heterocycles. The molecule has 1 rings (SSSR count). The van der Waals surface area contributed by atoms with E-state index in [1.807, 2.05) is 13.8 Å². The number of aliphatic hydroxyl groups excluding tert-OH is 1. The lowest BCUT2D eigenvalue weighted by Crippen LogP contribution is -2.58. The molecule has 0 bridgehead atoms. The summed E-state index contributed by atoms with van der Waals surface area (Å²) in [6.07, 6.45) is 4.30. The molecule has 0 saturated heterocycles. The number of urea groups is 1. The number of carbonyl (C=O) groups is 2. The van der Waals surface area contributed by atoms with Gasteiger partial charge in [-0.05, 0) is 18.8 Å². The predicted octanol–water partition coefficient (Wildman–Crippen LogP) is 0.491. The first-order valence-electron chi connectivity index (χ1n) is 6.93. The van der Waals surface area contributed by atoms with Crippen LogP contribution in [0.3, 0.4) is 0 Å². The molecular weight excluding hydrogens is 246 g/mol. The van der Waals surface area contributed by atoms with Crippen molar-refractivity contribution in [2.24, 2.45) is 11.7 Å². The lowest BCUT2D eigenvalue weighted by atomic mass is 9.94. The summed E-state index contributed by atoms with van der Waals surface area (Å²) in [5, 5.41) is 14.9. The molecule has 0 aromatic rings.